The predicted molar refractivity (Wildman–Crippen MR) is 73.1 cm³/mol. The lowest BCUT2D eigenvalue weighted by Gasteiger charge is -2.07. The van der Waals surface area contributed by atoms with Gasteiger partial charge in [-0.2, -0.15) is 0 Å². The number of nitrogens with zero attached hydrogens (tertiary/aromatic N) is 1. The van der Waals surface area contributed by atoms with Crippen molar-refractivity contribution >= 4 is 17.4 Å². The van der Waals surface area contributed by atoms with Crippen LogP contribution >= 0.6 is 11.6 Å². The summed E-state index contributed by atoms with van der Waals surface area (Å²) in [5, 5.41) is 0.637. The van der Waals surface area contributed by atoms with Gasteiger partial charge in [-0.05, 0) is 29.7 Å². The Bertz CT molecular complexity index is 566. The molecule has 0 saturated carbocycles. The molecular weight excluding hydrogens is 246 g/mol. The van der Waals surface area contributed by atoms with Gasteiger partial charge in [-0.25, -0.2) is 0 Å². The molecule has 0 bridgehead atoms. The zero-order valence-electron chi connectivity index (χ0n) is 10.2. The van der Waals surface area contributed by atoms with E-state index in [1.54, 1.807) is 24.5 Å². The monoisotopic (exact) mass is 259 g/mol. The zero-order valence-corrected chi connectivity index (χ0v) is 10.9. The fourth-order valence-electron chi connectivity index (χ4n) is 1.89. The number of ketones is 1. The van der Waals surface area contributed by atoms with Crippen LogP contribution in [0.15, 0.2) is 42.7 Å². The Kier molecular flexibility index (Phi) is 4.11. The van der Waals surface area contributed by atoms with Crippen molar-refractivity contribution in [2.45, 2.75) is 19.8 Å². The fraction of sp³-hybridized carbons (Fsp3) is 0.200. The molecule has 0 radical (unpaired) electrons. The molecule has 0 aliphatic heterocycles. The lowest BCUT2D eigenvalue weighted by atomic mass is 9.99. The lowest BCUT2D eigenvalue weighted by molar-refractivity contribution is 0.0992. The molecule has 0 atom stereocenters. The number of aryl methyl sites for hydroxylation is 1. The molecule has 18 heavy (non-hydrogen) atoms. The SMILES string of the molecule is CCc1cnccc1C(=O)Cc1ccccc1Cl. The number of halogens is 1. The van der Waals surface area contributed by atoms with E-state index in [1.165, 1.54) is 0 Å². The number of Topliss-reactive ketones (excluding diaryl/α,β-unsaturated/α-hetero) is 1. The van der Waals surface area contributed by atoms with Crippen LogP contribution in [0.2, 0.25) is 5.02 Å². The van der Waals surface area contributed by atoms with Gasteiger partial charge in [-0.15, -0.1) is 0 Å². The summed E-state index contributed by atoms with van der Waals surface area (Å²) in [5.41, 5.74) is 2.59. The summed E-state index contributed by atoms with van der Waals surface area (Å²) in [7, 11) is 0. The first-order valence-corrected chi connectivity index (χ1v) is 6.29. The Balaban J connectivity index is 2.25. The molecular formula is C15H14ClNO. The third-order valence-corrected chi connectivity index (χ3v) is 3.26. The van der Waals surface area contributed by atoms with E-state index in [-0.39, 0.29) is 5.78 Å². The van der Waals surface area contributed by atoms with Gasteiger partial charge in [0.1, 0.15) is 0 Å². The van der Waals surface area contributed by atoms with Gasteiger partial charge < -0.3 is 0 Å². The van der Waals surface area contributed by atoms with E-state index in [2.05, 4.69) is 4.98 Å². The third kappa shape index (κ3) is 2.77. The van der Waals surface area contributed by atoms with Crippen LogP contribution < -0.4 is 0 Å². The third-order valence-electron chi connectivity index (χ3n) is 2.89. The van der Waals surface area contributed by atoms with E-state index < -0.39 is 0 Å². The fourth-order valence-corrected chi connectivity index (χ4v) is 2.09. The number of carbonyl (C=O) groups is 1. The van der Waals surface area contributed by atoms with Crippen LogP contribution in [0.3, 0.4) is 0 Å². The molecule has 0 spiro atoms. The smallest absolute Gasteiger partial charge is 0.167 e. The maximum Gasteiger partial charge on any atom is 0.167 e. The number of hydrogen-bond donors (Lipinski definition) is 0. The number of carbonyl (C=O) groups excluding carboxylic acids is 1. The van der Waals surface area contributed by atoms with Gasteiger partial charge in [-0.3, -0.25) is 9.78 Å². The molecule has 92 valence electrons. The second-order valence-corrected chi connectivity index (χ2v) is 4.48. The average molecular weight is 260 g/mol. The summed E-state index contributed by atoms with van der Waals surface area (Å²) >= 11 is 6.06. The van der Waals surface area contributed by atoms with Crippen molar-refractivity contribution in [2.75, 3.05) is 0 Å². The molecule has 0 aliphatic rings. The van der Waals surface area contributed by atoms with Crippen molar-refractivity contribution in [1.29, 1.82) is 0 Å². The van der Waals surface area contributed by atoms with Crippen LogP contribution in [-0.4, -0.2) is 10.8 Å². The number of pyridine rings is 1. The Labute approximate surface area is 112 Å². The number of hydrogen-bond acceptors (Lipinski definition) is 2. The molecule has 0 amide bonds. The predicted octanol–water partition coefficient (Wildman–Crippen LogP) is 3.72. The summed E-state index contributed by atoms with van der Waals surface area (Å²) in [4.78, 5) is 16.3. The normalized spacial score (nSPS) is 10.3. The molecule has 1 aromatic heterocycles. The molecule has 0 aliphatic carbocycles. The summed E-state index contributed by atoms with van der Waals surface area (Å²) in [6, 6.07) is 9.21. The van der Waals surface area contributed by atoms with Crippen molar-refractivity contribution in [3.05, 3.63) is 64.4 Å². The van der Waals surface area contributed by atoms with Crippen LogP contribution in [-0.2, 0) is 12.8 Å². The Morgan fingerprint density at radius 3 is 2.72 bits per heavy atom. The molecule has 3 heteroatoms. The van der Waals surface area contributed by atoms with Crippen molar-refractivity contribution in [1.82, 2.24) is 4.98 Å². The Hall–Kier alpha value is -1.67. The van der Waals surface area contributed by atoms with E-state index in [1.807, 2.05) is 25.1 Å². The van der Waals surface area contributed by atoms with Crippen molar-refractivity contribution < 1.29 is 4.79 Å². The minimum absolute atomic E-state index is 0.0855. The first-order chi connectivity index (χ1) is 8.72. The van der Waals surface area contributed by atoms with Crippen LogP contribution in [0, 0.1) is 0 Å². The molecule has 1 heterocycles. The van der Waals surface area contributed by atoms with Crippen molar-refractivity contribution in [3.63, 3.8) is 0 Å². The van der Waals surface area contributed by atoms with Gasteiger partial charge >= 0.3 is 0 Å². The van der Waals surface area contributed by atoms with E-state index in [4.69, 9.17) is 11.6 Å². The highest BCUT2D eigenvalue weighted by molar-refractivity contribution is 6.31. The molecule has 2 aromatic rings. The topological polar surface area (TPSA) is 30.0 Å². The summed E-state index contributed by atoms with van der Waals surface area (Å²) in [5.74, 6) is 0.0855. The maximum atomic E-state index is 12.3. The van der Waals surface area contributed by atoms with Gasteiger partial charge in [0.2, 0.25) is 0 Å². The zero-order chi connectivity index (χ0) is 13.0. The van der Waals surface area contributed by atoms with E-state index in [0.717, 1.165) is 23.1 Å². The Morgan fingerprint density at radius 2 is 2.00 bits per heavy atom. The molecule has 1 aromatic carbocycles. The van der Waals surface area contributed by atoms with Crippen LogP contribution in [0.4, 0.5) is 0 Å². The minimum atomic E-state index is 0.0855. The number of aromatic nitrogens is 1. The number of benzene rings is 1. The van der Waals surface area contributed by atoms with Gasteiger partial charge in [0.05, 0.1) is 0 Å². The molecule has 2 rings (SSSR count). The molecule has 0 unspecified atom stereocenters. The molecule has 0 saturated heterocycles. The van der Waals surface area contributed by atoms with E-state index in [0.29, 0.717) is 11.4 Å². The summed E-state index contributed by atoms with van der Waals surface area (Å²) < 4.78 is 0. The van der Waals surface area contributed by atoms with E-state index >= 15 is 0 Å². The molecule has 2 nitrogen and oxygen atoms in total. The second kappa shape index (κ2) is 5.78. The molecule has 0 fully saturated rings. The largest absolute Gasteiger partial charge is 0.294 e. The van der Waals surface area contributed by atoms with Gasteiger partial charge in [0.25, 0.3) is 0 Å². The maximum absolute atomic E-state index is 12.3. The number of rotatable bonds is 4. The highest BCUT2D eigenvalue weighted by Gasteiger charge is 2.12. The Morgan fingerprint density at radius 1 is 1.22 bits per heavy atom. The lowest BCUT2D eigenvalue weighted by Crippen LogP contribution is -2.07. The average Bonchev–Trinajstić information content (AvgIpc) is 2.41. The molecule has 0 N–H and O–H groups in total. The highest BCUT2D eigenvalue weighted by Crippen LogP contribution is 2.18. The summed E-state index contributed by atoms with van der Waals surface area (Å²) in [6.45, 7) is 2.02. The highest BCUT2D eigenvalue weighted by atomic mass is 35.5. The minimum Gasteiger partial charge on any atom is -0.294 e. The standard InChI is InChI=1S/C15H14ClNO/c1-2-11-10-17-8-7-13(11)15(18)9-12-5-3-4-6-14(12)16/h3-8,10H,2,9H2,1H3. The van der Waals surface area contributed by atoms with Crippen LogP contribution in [0.5, 0.6) is 0 Å². The van der Waals surface area contributed by atoms with E-state index in [9.17, 15) is 4.79 Å². The van der Waals surface area contributed by atoms with Gasteiger partial charge in [0.15, 0.2) is 5.78 Å². The van der Waals surface area contributed by atoms with Gasteiger partial charge in [0, 0.05) is 29.4 Å². The van der Waals surface area contributed by atoms with Crippen molar-refractivity contribution in [2.24, 2.45) is 0 Å². The quantitative estimate of drug-likeness (QED) is 0.784. The van der Waals surface area contributed by atoms with Crippen LogP contribution in [0.25, 0.3) is 0 Å². The first-order valence-electron chi connectivity index (χ1n) is 5.92. The van der Waals surface area contributed by atoms with Gasteiger partial charge in [-0.1, -0.05) is 36.7 Å². The second-order valence-electron chi connectivity index (χ2n) is 4.08. The first kappa shape index (κ1) is 12.8. The van der Waals surface area contributed by atoms with Crippen LogP contribution in [0.1, 0.15) is 28.4 Å². The van der Waals surface area contributed by atoms with Crippen molar-refractivity contribution in [3.8, 4) is 0 Å². The summed E-state index contributed by atoms with van der Waals surface area (Å²) in [6.07, 6.45) is 4.53.